The van der Waals surface area contributed by atoms with Gasteiger partial charge in [-0.3, -0.25) is 4.79 Å². The second-order valence-corrected chi connectivity index (χ2v) is 4.08. The summed E-state index contributed by atoms with van der Waals surface area (Å²) >= 11 is 0. The van der Waals surface area contributed by atoms with Gasteiger partial charge in [0.15, 0.2) is 0 Å². The summed E-state index contributed by atoms with van der Waals surface area (Å²) in [6, 6.07) is 0. The highest BCUT2D eigenvalue weighted by Crippen LogP contribution is 2.17. The van der Waals surface area contributed by atoms with Crippen LogP contribution >= 0.6 is 24.8 Å². The summed E-state index contributed by atoms with van der Waals surface area (Å²) in [7, 11) is 0. The molecule has 0 saturated heterocycles. The molecule has 0 aliphatic heterocycles. The molecular weight excluding hydrogens is 319 g/mol. The fourth-order valence-electron chi connectivity index (χ4n) is 1.87. The van der Waals surface area contributed by atoms with E-state index in [1.54, 1.807) is 11.6 Å². The summed E-state index contributed by atoms with van der Waals surface area (Å²) in [4.78, 5) is 11.6. The molecule has 2 aromatic heterocycles. The van der Waals surface area contributed by atoms with Crippen LogP contribution in [0.5, 0.6) is 0 Å². The lowest BCUT2D eigenvalue weighted by Gasteiger charge is -2.04. The number of nitrogen functional groups attached to an aromatic ring is 1. The van der Waals surface area contributed by atoms with Crippen molar-refractivity contribution in [2.45, 2.75) is 27.2 Å². The smallest absolute Gasteiger partial charge is 0.310 e. The molecule has 0 bridgehead atoms. The van der Waals surface area contributed by atoms with E-state index in [0.29, 0.717) is 12.6 Å². The van der Waals surface area contributed by atoms with Crippen LogP contribution in [-0.4, -0.2) is 37.2 Å². The fraction of sp³-hybridized carbons (Fsp3) is 0.455. The number of aromatic nitrogens is 5. The molecule has 8 nitrogen and oxygen atoms in total. The molecule has 0 unspecified atom stereocenters. The van der Waals surface area contributed by atoms with Gasteiger partial charge in [-0.25, -0.2) is 9.36 Å². The normalized spacial score (nSPS) is 9.67. The van der Waals surface area contributed by atoms with Gasteiger partial charge >= 0.3 is 5.97 Å². The number of aryl methyl sites for hydroxylation is 1. The molecule has 0 atom stereocenters. The Hall–Kier alpha value is -1.80. The lowest BCUT2D eigenvalue weighted by Crippen LogP contribution is -2.15. The molecule has 2 aromatic rings. The number of carbonyl (C=O) groups excluding carboxylic acids is 1. The Morgan fingerprint density at radius 3 is 2.57 bits per heavy atom. The molecule has 0 aromatic carbocycles. The van der Waals surface area contributed by atoms with Gasteiger partial charge in [0.2, 0.25) is 0 Å². The second-order valence-electron chi connectivity index (χ2n) is 4.08. The molecule has 0 fully saturated rings. The maximum Gasteiger partial charge on any atom is 0.310 e. The zero-order valence-electron chi connectivity index (χ0n) is 11.9. The van der Waals surface area contributed by atoms with Gasteiger partial charge in [-0.15, -0.1) is 35.0 Å². The minimum absolute atomic E-state index is 0. The maximum absolute atomic E-state index is 11.6. The number of halogens is 2. The van der Waals surface area contributed by atoms with Crippen molar-refractivity contribution in [3.8, 4) is 5.95 Å². The monoisotopic (exact) mass is 336 g/mol. The zero-order chi connectivity index (χ0) is 14.0. The number of carbonyl (C=O) groups is 1. The summed E-state index contributed by atoms with van der Waals surface area (Å²) in [6.07, 6.45) is 1.57. The second kappa shape index (κ2) is 7.84. The van der Waals surface area contributed by atoms with E-state index in [1.807, 2.05) is 13.8 Å². The molecule has 0 radical (unpaired) electrons. The van der Waals surface area contributed by atoms with Crippen molar-refractivity contribution in [3.63, 3.8) is 0 Å². The van der Waals surface area contributed by atoms with E-state index in [-0.39, 0.29) is 37.2 Å². The Bertz CT molecular complexity index is 610. The van der Waals surface area contributed by atoms with Gasteiger partial charge in [0, 0.05) is 11.3 Å². The molecule has 0 aliphatic carbocycles. The van der Waals surface area contributed by atoms with Crippen LogP contribution in [0.15, 0.2) is 6.33 Å². The van der Waals surface area contributed by atoms with Crippen molar-refractivity contribution in [3.05, 3.63) is 23.3 Å². The number of esters is 1. The van der Waals surface area contributed by atoms with E-state index in [2.05, 4.69) is 15.3 Å². The van der Waals surface area contributed by atoms with E-state index >= 15 is 0 Å². The van der Waals surface area contributed by atoms with Gasteiger partial charge in [0.05, 0.1) is 18.7 Å². The van der Waals surface area contributed by atoms with Crippen molar-refractivity contribution in [2.24, 2.45) is 0 Å². The lowest BCUT2D eigenvalue weighted by atomic mass is 10.1. The molecule has 2 N–H and O–H groups in total. The minimum Gasteiger partial charge on any atom is -0.466 e. The molecule has 0 saturated carbocycles. The van der Waals surface area contributed by atoms with E-state index in [0.717, 1.165) is 17.0 Å². The van der Waals surface area contributed by atoms with Crippen LogP contribution in [0.1, 0.15) is 23.9 Å². The van der Waals surface area contributed by atoms with Gasteiger partial charge in [-0.1, -0.05) is 0 Å². The predicted octanol–water partition coefficient (Wildman–Crippen LogP) is 0.744. The number of hydrogen-bond acceptors (Lipinski definition) is 6. The van der Waals surface area contributed by atoms with Crippen molar-refractivity contribution in [1.29, 1.82) is 0 Å². The van der Waals surface area contributed by atoms with Crippen molar-refractivity contribution in [2.75, 3.05) is 12.4 Å². The third kappa shape index (κ3) is 3.85. The van der Waals surface area contributed by atoms with Crippen LogP contribution in [0.3, 0.4) is 0 Å². The Balaban J connectivity index is 0.00000200. The fourth-order valence-corrected chi connectivity index (χ4v) is 1.87. The first-order valence-corrected chi connectivity index (χ1v) is 5.90. The predicted molar refractivity (Wildman–Crippen MR) is 81.6 cm³/mol. The molecule has 2 rings (SSSR count). The minimum atomic E-state index is -0.275. The molecule has 2 heterocycles. The third-order valence-electron chi connectivity index (χ3n) is 2.81. The molecule has 0 spiro atoms. The SMILES string of the molecule is CCOC(=O)Cc1c(C)nn(-c2nncn2N)c1C.Cl.Cl. The first-order valence-electron chi connectivity index (χ1n) is 5.90. The third-order valence-corrected chi connectivity index (χ3v) is 2.81. The average molecular weight is 337 g/mol. The Labute approximate surface area is 134 Å². The Morgan fingerprint density at radius 2 is 2.05 bits per heavy atom. The van der Waals surface area contributed by atoms with Crippen molar-refractivity contribution >= 4 is 30.8 Å². The Kier molecular flexibility index (Phi) is 7.17. The van der Waals surface area contributed by atoms with E-state index in [9.17, 15) is 4.79 Å². The quantitative estimate of drug-likeness (QED) is 0.652. The standard InChI is InChI=1S/C11H16N6O2.2ClH/c1-4-19-10(18)5-9-7(2)15-17(8(9)3)11-14-13-6-16(11)12;;/h6H,4-5,12H2,1-3H3;2*1H. The number of ether oxygens (including phenoxy) is 1. The summed E-state index contributed by atoms with van der Waals surface area (Å²) < 4.78 is 7.78. The van der Waals surface area contributed by atoms with Crippen LogP contribution in [0.4, 0.5) is 0 Å². The number of rotatable bonds is 4. The molecular formula is C11H18Cl2N6O2. The topological polar surface area (TPSA) is 101 Å². The van der Waals surface area contributed by atoms with Crippen LogP contribution in [-0.2, 0) is 16.0 Å². The van der Waals surface area contributed by atoms with Crippen molar-refractivity contribution < 1.29 is 9.53 Å². The highest BCUT2D eigenvalue weighted by atomic mass is 35.5. The molecule has 0 aliphatic rings. The van der Waals surface area contributed by atoms with Crippen LogP contribution in [0.2, 0.25) is 0 Å². The van der Waals surface area contributed by atoms with E-state index in [4.69, 9.17) is 10.6 Å². The van der Waals surface area contributed by atoms with Crippen molar-refractivity contribution in [1.82, 2.24) is 24.7 Å². The van der Waals surface area contributed by atoms with Gasteiger partial charge in [-0.2, -0.15) is 5.10 Å². The van der Waals surface area contributed by atoms with Gasteiger partial charge in [-0.05, 0) is 20.8 Å². The van der Waals surface area contributed by atoms with Gasteiger partial charge in [0.25, 0.3) is 5.95 Å². The van der Waals surface area contributed by atoms with Crippen LogP contribution < -0.4 is 5.84 Å². The summed E-state index contributed by atoms with van der Waals surface area (Å²) in [5, 5.41) is 11.9. The first-order chi connectivity index (χ1) is 9.04. The maximum atomic E-state index is 11.6. The molecule has 118 valence electrons. The zero-order valence-corrected chi connectivity index (χ0v) is 13.6. The first kappa shape index (κ1) is 19.2. The highest BCUT2D eigenvalue weighted by molar-refractivity contribution is 5.85. The molecule has 21 heavy (non-hydrogen) atoms. The number of hydrogen-bond donors (Lipinski definition) is 1. The lowest BCUT2D eigenvalue weighted by molar-refractivity contribution is -0.142. The Morgan fingerprint density at radius 1 is 1.38 bits per heavy atom. The molecule has 0 amide bonds. The summed E-state index contributed by atoms with van der Waals surface area (Å²) in [5.41, 5.74) is 2.36. The summed E-state index contributed by atoms with van der Waals surface area (Å²) in [5.74, 6) is 5.81. The van der Waals surface area contributed by atoms with E-state index in [1.165, 1.54) is 11.0 Å². The molecule has 10 heteroatoms. The van der Waals surface area contributed by atoms with Crippen LogP contribution in [0.25, 0.3) is 5.95 Å². The van der Waals surface area contributed by atoms with Gasteiger partial charge in [0.1, 0.15) is 6.33 Å². The number of nitrogens with zero attached hydrogens (tertiary/aromatic N) is 5. The van der Waals surface area contributed by atoms with E-state index < -0.39 is 0 Å². The van der Waals surface area contributed by atoms with Crippen LogP contribution in [0, 0.1) is 13.8 Å². The largest absolute Gasteiger partial charge is 0.466 e. The number of nitrogens with two attached hydrogens (primary N) is 1. The highest BCUT2D eigenvalue weighted by Gasteiger charge is 2.18. The summed E-state index contributed by atoms with van der Waals surface area (Å²) in [6.45, 7) is 5.82. The average Bonchev–Trinajstić information content (AvgIpc) is 2.88. The van der Waals surface area contributed by atoms with Gasteiger partial charge < -0.3 is 10.6 Å².